The number of hydrogen-bond acceptors (Lipinski definition) is 2. The molecular weight excluding hydrogens is 220 g/mol. The highest BCUT2D eigenvalue weighted by molar-refractivity contribution is 7.80. The third-order valence-electron chi connectivity index (χ3n) is 1.79. The molecule has 0 bridgehead atoms. The van der Waals surface area contributed by atoms with Crippen LogP contribution in [-0.2, 0) is 0 Å². The van der Waals surface area contributed by atoms with Crippen molar-refractivity contribution in [1.29, 1.82) is 0 Å². The van der Waals surface area contributed by atoms with Crippen LogP contribution in [-0.4, -0.2) is 24.5 Å². The molecule has 1 atom stereocenters. The van der Waals surface area contributed by atoms with E-state index < -0.39 is 12.0 Å². The summed E-state index contributed by atoms with van der Waals surface area (Å²) < 4.78 is 25.5. The average Bonchev–Trinajstić information content (AvgIpc) is 2.23. The number of allylic oxidation sites excluding steroid dienone is 4. The van der Waals surface area contributed by atoms with E-state index in [2.05, 4.69) is 15.8 Å². The Balaban J connectivity index is 2.50. The number of rotatable bonds is 2. The summed E-state index contributed by atoms with van der Waals surface area (Å²) in [4.78, 5) is 0. The molecule has 0 radical (unpaired) electrons. The third-order valence-corrected chi connectivity index (χ3v) is 2.09. The van der Waals surface area contributed by atoms with Gasteiger partial charge in [-0.25, -0.2) is 8.78 Å². The molecule has 1 aliphatic rings. The first-order valence-corrected chi connectivity index (χ1v) is 4.75. The largest absolute Gasteiger partial charge is 0.364 e. The first-order valence-electron chi connectivity index (χ1n) is 4.34. The summed E-state index contributed by atoms with van der Waals surface area (Å²) in [5, 5.41) is 6.78. The molecule has 82 valence electrons. The number of nitrogens with zero attached hydrogens (tertiary/aromatic N) is 1. The molecule has 0 spiro atoms. The summed E-state index contributed by atoms with van der Waals surface area (Å²) in [5.74, 6) is -0.745. The maximum absolute atomic E-state index is 12.9. The first-order chi connectivity index (χ1) is 7.13. The molecule has 0 saturated heterocycles. The van der Waals surface area contributed by atoms with Gasteiger partial charge < -0.3 is 5.32 Å². The Morgan fingerprint density at radius 3 is 3.00 bits per heavy atom. The van der Waals surface area contributed by atoms with Crippen LogP contribution < -0.4 is 10.7 Å². The fourth-order valence-electron chi connectivity index (χ4n) is 0.989. The highest BCUT2D eigenvalue weighted by atomic mass is 32.1. The van der Waals surface area contributed by atoms with Crippen molar-refractivity contribution in [1.82, 2.24) is 10.7 Å². The minimum Gasteiger partial charge on any atom is -0.364 e. The standard InChI is InChI=1S/C9H11F2N3S/c1-12-9(15)14-13-5-6-2-3-7(10)8(11)4-6/h2-3,5,8H,4H2,1H3,(H2,12,14,15)/b13-5+. The Labute approximate surface area is 91.9 Å². The van der Waals surface area contributed by atoms with Gasteiger partial charge in [0.2, 0.25) is 0 Å². The lowest BCUT2D eigenvalue weighted by molar-refractivity contribution is 0.323. The zero-order chi connectivity index (χ0) is 11.3. The molecule has 15 heavy (non-hydrogen) atoms. The van der Waals surface area contributed by atoms with Crippen molar-refractivity contribution in [3.8, 4) is 0 Å². The van der Waals surface area contributed by atoms with Crippen LogP contribution in [0.1, 0.15) is 6.42 Å². The molecule has 3 nitrogen and oxygen atoms in total. The Kier molecular flexibility index (Phi) is 4.36. The zero-order valence-electron chi connectivity index (χ0n) is 8.13. The van der Waals surface area contributed by atoms with E-state index in [4.69, 9.17) is 12.2 Å². The summed E-state index contributed by atoms with van der Waals surface area (Å²) >= 11 is 4.76. The monoisotopic (exact) mass is 231 g/mol. The van der Waals surface area contributed by atoms with Crippen molar-refractivity contribution in [3.05, 3.63) is 23.6 Å². The molecule has 1 aliphatic carbocycles. The summed E-state index contributed by atoms with van der Waals surface area (Å²) in [7, 11) is 1.65. The predicted octanol–water partition coefficient (Wildman–Crippen LogP) is 1.59. The van der Waals surface area contributed by atoms with Crippen LogP contribution in [0.5, 0.6) is 0 Å². The molecule has 0 aliphatic heterocycles. The Morgan fingerprint density at radius 2 is 2.40 bits per heavy atom. The minimum atomic E-state index is -1.56. The average molecular weight is 231 g/mol. The summed E-state index contributed by atoms with van der Waals surface area (Å²) in [6, 6.07) is 0. The number of halogens is 2. The molecule has 0 saturated carbocycles. The highest BCUT2D eigenvalue weighted by Gasteiger charge is 2.17. The second kappa shape index (κ2) is 5.55. The summed E-state index contributed by atoms with van der Waals surface area (Å²) in [5.41, 5.74) is 3.12. The van der Waals surface area contributed by atoms with Crippen molar-refractivity contribution in [3.63, 3.8) is 0 Å². The zero-order valence-corrected chi connectivity index (χ0v) is 8.94. The van der Waals surface area contributed by atoms with Gasteiger partial charge in [0.05, 0.1) is 6.21 Å². The number of hydrogen-bond donors (Lipinski definition) is 2. The Bertz CT molecular complexity index is 336. The molecule has 2 N–H and O–H groups in total. The minimum absolute atomic E-state index is 0.000170. The molecule has 1 rings (SSSR count). The third kappa shape index (κ3) is 3.75. The normalized spacial score (nSPS) is 20.9. The lowest BCUT2D eigenvalue weighted by atomic mass is 10.0. The van der Waals surface area contributed by atoms with Gasteiger partial charge in [-0.05, 0) is 23.9 Å². The van der Waals surface area contributed by atoms with Crippen LogP contribution in [0.3, 0.4) is 0 Å². The fourth-order valence-corrected chi connectivity index (χ4v) is 1.04. The van der Waals surface area contributed by atoms with Gasteiger partial charge in [0, 0.05) is 13.5 Å². The topological polar surface area (TPSA) is 36.4 Å². The molecule has 0 aromatic carbocycles. The van der Waals surface area contributed by atoms with Gasteiger partial charge in [0.15, 0.2) is 11.3 Å². The van der Waals surface area contributed by atoms with Gasteiger partial charge in [-0.2, -0.15) is 5.10 Å². The molecule has 0 aromatic heterocycles. The van der Waals surface area contributed by atoms with E-state index >= 15 is 0 Å². The maximum atomic E-state index is 12.9. The van der Waals surface area contributed by atoms with Crippen LogP contribution in [0.25, 0.3) is 0 Å². The van der Waals surface area contributed by atoms with E-state index in [9.17, 15) is 8.78 Å². The fraction of sp³-hybridized carbons (Fsp3) is 0.333. The van der Waals surface area contributed by atoms with E-state index in [0.29, 0.717) is 10.7 Å². The van der Waals surface area contributed by atoms with Gasteiger partial charge >= 0.3 is 0 Å². The quantitative estimate of drug-likeness (QED) is 0.430. The van der Waals surface area contributed by atoms with E-state index in [0.717, 1.165) is 6.08 Å². The SMILES string of the molecule is CNC(=S)N/N=C/C1=CC=C(F)C(F)C1. The van der Waals surface area contributed by atoms with Crippen molar-refractivity contribution in [2.45, 2.75) is 12.6 Å². The second-order valence-electron chi connectivity index (χ2n) is 2.91. The predicted molar refractivity (Wildman–Crippen MR) is 60.1 cm³/mol. The van der Waals surface area contributed by atoms with Crippen molar-refractivity contribution in [2.24, 2.45) is 5.10 Å². The van der Waals surface area contributed by atoms with Gasteiger partial charge in [0.1, 0.15) is 5.83 Å². The smallest absolute Gasteiger partial charge is 0.186 e. The first kappa shape index (κ1) is 11.8. The highest BCUT2D eigenvalue weighted by Crippen LogP contribution is 2.21. The van der Waals surface area contributed by atoms with Crippen LogP contribution in [0.15, 0.2) is 28.7 Å². The van der Waals surface area contributed by atoms with Crippen molar-refractivity contribution >= 4 is 23.5 Å². The molecular formula is C9H11F2N3S. The van der Waals surface area contributed by atoms with Crippen molar-refractivity contribution in [2.75, 3.05) is 7.05 Å². The molecule has 6 heteroatoms. The molecule has 1 unspecified atom stereocenters. The maximum Gasteiger partial charge on any atom is 0.186 e. The molecule has 0 heterocycles. The van der Waals surface area contributed by atoms with Crippen LogP contribution in [0.4, 0.5) is 8.78 Å². The van der Waals surface area contributed by atoms with Crippen molar-refractivity contribution < 1.29 is 8.78 Å². The van der Waals surface area contributed by atoms with E-state index in [-0.39, 0.29) is 6.42 Å². The number of hydrazone groups is 1. The van der Waals surface area contributed by atoms with E-state index in [1.165, 1.54) is 12.3 Å². The summed E-state index contributed by atoms with van der Waals surface area (Å²) in [6.07, 6.45) is 2.44. The molecule has 0 aromatic rings. The van der Waals surface area contributed by atoms with E-state index in [1.54, 1.807) is 7.05 Å². The van der Waals surface area contributed by atoms with Crippen LogP contribution in [0.2, 0.25) is 0 Å². The number of nitrogens with one attached hydrogen (secondary N) is 2. The van der Waals surface area contributed by atoms with Crippen LogP contribution >= 0.6 is 12.2 Å². The van der Waals surface area contributed by atoms with E-state index in [1.807, 2.05) is 0 Å². The Hall–Kier alpha value is -1.30. The lowest BCUT2D eigenvalue weighted by Gasteiger charge is -2.10. The van der Waals surface area contributed by atoms with Crippen LogP contribution in [0, 0.1) is 0 Å². The summed E-state index contributed by atoms with van der Waals surface area (Å²) in [6.45, 7) is 0. The Morgan fingerprint density at radius 1 is 1.67 bits per heavy atom. The number of thiocarbonyl (C=S) groups is 1. The number of alkyl halides is 1. The lowest BCUT2D eigenvalue weighted by Crippen LogP contribution is -2.28. The second-order valence-corrected chi connectivity index (χ2v) is 3.32. The van der Waals surface area contributed by atoms with Gasteiger partial charge in [-0.1, -0.05) is 6.08 Å². The van der Waals surface area contributed by atoms with Gasteiger partial charge in [-0.3, -0.25) is 5.43 Å². The molecule has 0 amide bonds. The van der Waals surface area contributed by atoms with Gasteiger partial charge in [0.25, 0.3) is 0 Å². The molecule has 0 fully saturated rings. The van der Waals surface area contributed by atoms with Gasteiger partial charge in [-0.15, -0.1) is 0 Å².